The summed E-state index contributed by atoms with van der Waals surface area (Å²) in [5.41, 5.74) is 2.10. The zero-order chi connectivity index (χ0) is 25.9. The van der Waals surface area contributed by atoms with Crippen LogP contribution in [-0.2, 0) is 16.6 Å². The Morgan fingerprint density at radius 1 is 1.14 bits per heavy atom. The van der Waals surface area contributed by atoms with Gasteiger partial charge in [-0.2, -0.15) is 5.10 Å². The molecule has 10 heteroatoms. The summed E-state index contributed by atoms with van der Waals surface area (Å²) in [7, 11) is 1.83. The molecule has 2 aromatic rings. The number of nitrogens with one attached hydrogen (secondary N) is 3. The van der Waals surface area contributed by atoms with Gasteiger partial charge in [-0.15, -0.1) is 0 Å². The molecule has 3 fully saturated rings. The molecule has 3 N–H and O–H groups in total. The Balaban J connectivity index is 1.17. The van der Waals surface area contributed by atoms with Crippen molar-refractivity contribution in [3.05, 3.63) is 53.3 Å². The van der Waals surface area contributed by atoms with E-state index < -0.39 is 12.2 Å². The maximum Gasteiger partial charge on any atom is 0.251 e. The van der Waals surface area contributed by atoms with Gasteiger partial charge in [0.1, 0.15) is 6.17 Å². The maximum atomic E-state index is 13.5. The number of aryl methyl sites for hydroxylation is 1. The van der Waals surface area contributed by atoms with Crippen molar-refractivity contribution in [2.75, 3.05) is 19.6 Å². The van der Waals surface area contributed by atoms with E-state index in [1.54, 1.807) is 40.0 Å². The van der Waals surface area contributed by atoms with E-state index in [-0.39, 0.29) is 48.7 Å². The Bertz CT molecular complexity index is 1230. The number of aromatic nitrogens is 2. The molecule has 4 atom stereocenters. The number of carbonyl (C=O) groups excluding carboxylic acids is 3. The fourth-order valence-corrected chi connectivity index (χ4v) is 4.89. The number of halogens is 1. The number of hydrogen-bond acceptors (Lipinski definition) is 5. The summed E-state index contributed by atoms with van der Waals surface area (Å²) in [6, 6.07) is 6.05. The topological polar surface area (TPSA) is 108 Å². The minimum absolute atomic E-state index is 0.0387. The largest absolute Gasteiger partial charge is 0.350 e. The van der Waals surface area contributed by atoms with Crippen LogP contribution >= 0.6 is 0 Å². The van der Waals surface area contributed by atoms with Crippen molar-refractivity contribution in [1.82, 2.24) is 30.6 Å². The van der Waals surface area contributed by atoms with Gasteiger partial charge in [0.25, 0.3) is 5.91 Å². The molecule has 1 aromatic carbocycles. The zero-order valence-corrected chi connectivity index (χ0v) is 20.7. The normalized spacial score (nSPS) is 24.9. The molecule has 194 valence electrons. The first-order valence-corrected chi connectivity index (χ1v) is 12.7. The Hall–Kier alpha value is -3.71. The Morgan fingerprint density at radius 2 is 1.89 bits per heavy atom. The molecule has 9 nitrogen and oxygen atoms in total. The zero-order valence-electron chi connectivity index (χ0n) is 20.7. The summed E-state index contributed by atoms with van der Waals surface area (Å²) in [4.78, 5) is 40.0. The molecule has 3 amide bonds. The Labute approximate surface area is 215 Å². The minimum Gasteiger partial charge on any atom is -0.350 e. The second kappa shape index (κ2) is 10.7. The lowest BCUT2D eigenvalue weighted by molar-refractivity contribution is -0.133. The lowest BCUT2D eigenvalue weighted by atomic mass is 10.1. The molecule has 2 aliphatic heterocycles. The predicted molar refractivity (Wildman–Crippen MR) is 134 cm³/mol. The average molecular weight is 507 g/mol. The van der Waals surface area contributed by atoms with Crippen LogP contribution in [0, 0.1) is 17.8 Å². The van der Waals surface area contributed by atoms with Crippen LogP contribution in [0.25, 0.3) is 0 Å². The Kier molecular flexibility index (Phi) is 7.24. The first-order valence-electron chi connectivity index (χ1n) is 12.7. The monoisotopic (exact) mass is 506 g/mol. The molecular weight excluding hydrogens is 475 g/mol. The van der Waals surface area contributed by atoms with E-state index in [0.717, 1.165) is 24.0 Å². The molecule has 1 aliphatic carbocycles. The van der Waals surface area contributed by atoms with Crippen LogP contribution in [0.2, 0.25) is 0 Å². The van der Waals surface area contributed by atoms with Crippen molar-refractivity contribution in [1.29, 1.82) is 0 Å². The second-order valence-corrected chi connectivity index (χ2v) is 10.1. The van der Waals surface area contributed by atoms with E-state index in [0.29, 0.717) is 25.1 Å². The molecule has 0 unspecified atom stereocenters. The van der Waals surface area contributed by atoms with Gasteiger partial charge in [0.15, 0.2) is 0 Å². The van der Waals surface area contributed by atoms with Gasteiger partial charge in [0, 0.05) is 62.4 Å². The summed E-state index contributed by atoms with van der Waals surface area (Å²) < 4.78 is 15.2. The van der Waals surface area contributed by atoms with Gasteiger partial charge in [0.05, 0.1) is 23.8 Å². The number of rotatable bonds is 6. The highest BCUT2D eigenvalue weighted by Crippen LogP contribution is 2.33. The van der Waals surface area contributed by atoms with Crippen molar-refractivity contribution < 1.29 is 18.8 Å². The van der Waals surface area contributed by atoms with Crippen LogP contribution in [0.1, 0.15) is 47.2 Å². The molecule has 37 heavy (non-hydrogen) atoms. The molecule has 2 saturated heterocycles. The quantitative estimate of drug-likeness (QED) is 0.501. The summed E-state index contributed by atoms with van der Waals surface area (Å²) >= 11 is 0. The molecule has 1 saturated carbocycles. The number of carbonyl (C=O) groups is 3. The van der Waals surface area contributed by atoms with Crippen LogP contribution < -0.4 is 16.0 Å². The molecule has 0 spiro atoms. The van der Waals surface area contributed by atoms with Crippen LogP contribution in [0.3, 0.4) is 0 Å². The highest BCUT2D eigenvalue weighted by Gasteiger charge is 2.42. The number of nitrogens with zero attached hydrogens (tertiary/aromatic N) is 3. The number of amides is 3. The molecule has 0 radical (unpaired) electrons. The van der Waals surface area contributed by atoms with E-state index in [9.17, 15) is 18.8 Å². The number of alkyl halides is 1. The molecule has 1 aromatic heterocycles. The van der Waals surface area contributed by atoms with Gasteiger partial charge < -0.3 is 20.9 Å². The van der Waals surface area contributed by atoms with Gasteiger partial charge in [-0.1, -0.05) is 11.8 Å². The highest BCUT2D eigenvalue weighted by atomic mass is 19.1. The number of hydrogen-bond donors (Lipinski definition) is 3. The molecule has 3 aliphatic rings. The van der Waals surface area contributed by atoms with Crippen LogP contribution in [0.4, 0.5) is 4.39 Å². The third-order valence-electron chi connectivity index (χ3n) is 7.07. The fraction of sp³-hybridized carbons (Fsp3) is 0.481. The van der Waals surface area contributed by atoms with Gasteiger partial charge in [-0.25, -0.2) is 4.39 Å². The first-order chi connectivity index (χ1) is 17.9. The molecular formula is C27H31FN6O3. The summed E-state index contributed by atoms with van der Waals surface area (Å²) in [5, 5.41) is 12.9. The summed E-state index contributed by atoms with van der Waals surface area (Å²) in [6.07, 6.45) is 4.97. The van der Waals surface area contributed by atoms with Crippen molar-refractivity contribution >= 4 is 17.7 Å². The first kappa shape index (κ1) is 25.0. The lowest BCUT2D eigenvalue weighted by Crippen LogP contribution is -2.46. The molecule has 3 heterocycles. The van der Waals surface area contributed by atoms with E-state index in [1.165, 1.54) is 0 Å². The van der Waals surface area contributed by atoms with Gasteiger partial charge >= 0.3 is 0 Å². The van der Waals surface area contributed by atoms with E-state index in [1.807, 2.05) is 13.2 Å². The molecule has 0 bridgehead atoms. The van der Waals surface area contributed by atoms with Gasteiger partial charge in [-0.05, 0) is 43.5 Å². The highest BCUT2D eigenvalue weighted by molar-refractivity contribution is 5.94. The van der Waals surface area contributed by atoms with E-state index in [4.69, 9.17) is 0 Å². The predicted octanol–water partition coefficient (Wildman–Crippen LogP) is 0.745. The standard InChI is InChI=1S/C27H31FN6O3/c1-33-15-18(12-31-33)3-2-17-4-6-19(7-5-17)25(35)30-14-23-11-22(16-34(23)27(37)20-8-9-20)32-26(36)24-10-21(28)13-29-24/h4-7,12,15,20-24,29H,8-11,13-14,16H2,1H3,(H,30,35)(H,32,36)/t21-,22+,23+,24-/m0/s1. The van der Waals surface area contributed by atoms with Crippen molar-refractivity contribution in [2.24, 2.45) is 13.0 Å². The number of benzene rings is 1. The van der Waals surface area contributed by atoms with E-state index >= 15 is 0 Å². The smallest absolute Gasteiger partial charge is 0.251 e. The SMILES string of the molecule is Cn1cc(C#Cc2ccc(C(=O)NC[C@H]3C[C@@H](NC(=O)[C@@H]4C[C@H](F)CN4)CN3C(=O)C3CC3)cc2)cn1. The van der Waals surface area contributed by atoms with Crippen molar-refractivity contribution in [3.8, 4) is 11.8 Å². The van der Waals surface area contributed by atoms with Crippen molar-refractivity contribution in [3.63, 3.8) is 0 Å². The Morgan fingerprint density at radius 3 is 2.54 bits per heavy atom. The lowest BCUT2D eigenvalue weighted by Gasteiger charge is -2.25. The van der Waals surface area contributed by atoms with Gasteiger partial charge in [0.2, 0.25) is 11.8 Å². The van der Waals surface area contributed by atoms with Gasteiger partial charge in [-0.3, -0.25) is 19.1 Å². The van der Waals surface area contributed by atoms with Crippen LogP contribution in [0.15, 0.2) is 36.7 Å². The van der Waals surface area contributed by atoms with E-state index in [2.05, 4.69) is 32.9 Å². The van der Waals surface area contributed by atoms with Crippen LogP contribution in [-0.4, -0.2) is 76.3 Å². The van der Waals surface area contributed by atoms with Crippen molar-refractivity contribution in [2.45, 2.75) is 50.0 Å². The summed E-state index contributed by atoms with van der Waals surface area (Å²) in [5.74, 6) is 5.74. The van der Waals surface area contributed by atoms with Crippen LogP contribution in [0.5, 0.6) is 0 Å². The third kappa shape index (κ3) is 6.17. The number of likely N-dealkylation sites (tertiary alicyclic amines) is 1. The maximum absolute atomic E-state index is 13.5. The molecule has 5 rings (SSSR count). The summed E-state index contributed by atoms with van der Waals surface area (Å²) in [6.45, 7) is 0.875. The third-order valence-corrected chi connectivity index (χ3v) is 7.07. The second-order valence-electron chi connectivity index (χ2n) is 10.1. The fourth-order valence-electron chi connectivity index (χ4n) is 4.89. The minimum atomic E-state index is -1.02. The average Bonchev–Trinajstić information content (AvgIpc) is 3.31.